The SMILES string of the molecule is C=C(C)/C=C(\C)Oc1cccc(C(=O)N(C)C)c1. The van der Waals surface area contributed by atoms with Gasteiger partial charge in [-0.2, -0.15) is 0 Å². The predicted molar refractivity (Wildman–Crippen MR) is 73.7 cm³/mol. The van der Waals surface area contributed by atoms with E-state index in [4.69, 9.17) is 4.74 Å². The van der Waals surface area contributed by atoms with Gasteiger partial charge in [0.25, 0.3) is 5.91 Å². The summed E-state index contributed by atoms with van der Waals surface area (Å²) in [6, 6.07) is 7.13. The molecule has 0 aliphatic heterocycles. The lowest BCUT2D eigenvalue weighted by Gasteiger charge is -2.11. The number of nitrogens with zero attached hydrogens (tertiary/aromatic N) is 1. The van der Waals surface area contributed by atoms with Crippen molar-refractivity contribution in [2.45, 2.75) is 13.8 Å². The van der Waals surface area contributed by atoms with Crippen LogP contribution in [0.3, 0.4) is 0 Å². The summed E-state index contributed by atoms with van der Waals surface area (Å²) in [5.74, 6) is 1.36. The van der Waals surface area contributed by atoms with Crippen molar-refractivity contribution in [3.8, 4) is 5.75 Å². The molecule has 0 fully saturated rings. The summed E-state index contributed by atoms with van der Waals surface area (Å²) in [5, 5.41) is 0. The first-order valence-electron chi connectivity index (χ1n) is 5.73. The summed E-state index contributed by atoms with van der Waals surface area (Å²) in [7, 11) is 3.45. The third kappa shape index (κ3) is 4.09. The number of hydrogen-bond donors (Lipinski definition) is 0. The summed E-state index contributed by atoms with van der Waals surface area (Å²) in [5.41, 5.74) is 1.54. The lowest BCUT2D eigenvalue weighted by molar-refractivity contribution is 0.0827. The van der Waals surface area contributed by atoms with E-state index >= 15 is 0 Å². The molecule has 3 nitrogen and oxygen atoms in total. The van der Waals surface area contributed by atoms with E-state index in [2.05, 4.69) is 6.58 Å². The van der Waals surface area contributed by atoms with Crippen LogP contribution in [0, 0.1) is 0 Å². The van der Waals surface area contributed by atoms with Gasteiger partial charge < -0.3 is 9.64 Å². The molecule has 96 valence electrons. The molecule has 0 spiro atoms. The Balaban J connectivity index is 2.89. The van der Waals surface area contributed by atoms with Crippen LogP contribution in [0.4, 0.5) is 0 Å². The molecular formula is C15H19NO2. The van der Waals surface area contributed by atoms with Gasteiger partial charge in [-0.25, -0.2) is 0 Å². The van der Waals surface area contributed by atoms with E-state index in [9.17, 15) is 4.79 Å². The molecule has 1 rings (SSSR count). The summed E-state index contributed by atoms with van der Waals surface area (Å²) >= 11 is 0. The Labute approximate surface area is 108 Å². The van der Waals surface area contributed by atoms with Crippen molar-refractivity contribution in [3.63, 3.8) is 0 Å². The molecule has 0 saturated heterocycles. The molecule has 18 heavy (non-hydrogen) atoms. The number of carbonyl (C=O) groups excluding carboxylic acids is 1. The standard InChI is InChI=1S/C15H19NO2/c1-11(2)9-12(3)18-14-8-6-7-13(10-14)15(17)16(4)5/h6-10H,1H2,2-5H3/b12-9+. The zero-order chi connectivity index (χ0) is 13.7. The van der Waals surface area contributed by atoms with Crippen molar-refractivity contribution in [3.05, 3.63) is 53.8 Å². The molecule has 0 radical (unpaired) electrons. The molecule has 0 unspecified atom stereocenters. The van der Waals surface area contributed by atoms with Gasteiger partial charge in [-0.1, -0.05) is 18.2 Å². The van der Waals surface area contributed by atoms with Crippen molar-refractivity contribution < 1.29 is 9.53 Å². The second kappa shape index (κ2) is 6.05. The van der Waals surface area contributed by atoms with Gasteiger partial charge >= 0.3 is 0 Å². The number of allylic oxidation sites excluding steroid dienone is 3. The predicted octanol–water partition coefficient (Wildman–Crippen LogP) is 3.25. The van der Waals surface area contributed by atoms with Gasteiger partial charge in [0.05, 0.1) is 0 Å². The molecule has 0 saturated carbocycles. The molecule has 1 aromatic carbocycles. The highest BCUT2D eigenvalue weighted by atomic mass is 16.5. The van der Waals surface area contributed by atoms with E-state index < -0.39 is 0 Å². The number of hydrogen-bond acceptors (Lipinski definition) is 2. The summed E-state index contributed by atoms with van der Waals surface area (Å²) in [6.45, 7) is 7.55. The maximum atomic E-state index is 11.8. The van der Waals surface area contributed by atoms with Gasteiger partial charge in [0.1, 0.15) is 11.5 Å². The second-order valence-electron chi connectivity index (χ2n) is 4.43. The van der Waals surface area contributed by atoms with Crippen LogP contribution in [-0.2, 0) is 0 Å². The zero-order valence-electron chi connectivity index (χ0n) is 11.4. The Hall–Kier alpha value is -2.03. The Bertz CT molecular complexity index is 487. The van der Waals surface area contributed by atoms with Gasteiger partial charge in [0, 0.05) is 19.7 Å². The van der Waals surface area contributed by atoms with Gasteiger partial charge in [0.15, 0.2) is 0 Å². The van der Waals surface area contributed by atoms with E-state index in [-0.39, 0.29) is 5.91 Å². The maximum absolute atomic E-state index is 11.8. The summed E-state index contributed by atoms with van der Waals surface area (Å²) < 4.78 is 5.63. The Morgan fingerprint density at radius 3 is 2.56 bits per heavy atom. The second-order valence-corrected chi connectivity index (χ2v) is 4.43. The van der Waals surface area contributed by atoms with Crippen LogP contribution in [0.1, 0.15) is 24.2 Å². The number of benzene rings is 1. The number of carbonyl (C=O) groups is 1. The fourth-order valence-corrected chi connectivity index (χ4v) is 1.51. The molecule has 3 heteroatoms. The molecule has 0 aliphatic rings. The van der Waals surface area contributed by atoms with Gasteiger partial charge in [-0.3, -0.25) is 4.79 Å². The van der Waals surface area contributed by atoms with E-state index in [0.717, 1.165) is 11.3 Å². The third-order valence-corrected chi connectivity index (χ3v) is 2.22. The van der Waals surface area contributed by atoms with Crippen LogP contribution in [0.15, 0.2) is 48.3 Å². The Kier molecular flexibility index (Phi) is 4.72. The molecule has 0 bridgehead atoms. The number of rotatable bonds is 4. The summed E-state index contributed by atoms with van der Waals surface area (Å²) in [4.78, 5) is 13.3. The fraction of sp³-hybridized carbons (Fsp3) is 0.267. The van der Waals surface area contributed by atoms with Crippen LogP contribution < -0.4 is 4.74 Å². The molecule has 1 aromatic rings. The molecule has 0 heterocycles. The number of amides is 1. The van der Waals surface area contributed by atoms with Crippen molar-refractivity contribution in [1.29, 1.82) is 0 Å². The van der Waals surface area contributed by atoms with Crippen LogP contribution in [-0.4, -0.2) is 24.9 Å². The van der Waals surface area contributed by atoms with Crippen LogP contribution in [0.25, 0.3) is 0 Å². The van der Waals surface area contributed by atoms with Crippen molar-refractivity contribution >= 4 is 5.91 Å². The minimum Gasteiger partial charge on any atom is -0.462 e. The smallest absolute Gasteiger partial charge is 0.253 e. The Morgan fingerprint density at radius 2 is 2.00 bits per heavy atom. The molecule has 0 aromatic heterocycles. The Morgan fingerprint density at radius 1 is 1.33 bits per heavy atom. The van der Waals surface area contributed by atoms with Crippen molar-refractivity contribution in [2.24, 2.45) is 0 Å². The maximum Gasteiger partial charge on any atom is 0.253 e. The average Bonchev–Trinajstić information content (AvgIpc) is 2.26. The topological polar surface area (TPSA) is 29.5 Å². The highest BCUT2D eigenvalue weighted by Crippen LogP contribution is 2.17. The van der Waals surface area contributed by atoms with Gasteiger partial charge in [0.2, 0.25) is 0 Å². The first-order chi connectivity index (χ1) is 8.40. The van der Waals surface area contributed by atoms with Crippen molar-refractivity contribution in [1.82, 2.24) is 4.90 Å². The molecule has 0 aliphatic carbocycles. The van der Waals surface area contributed by atoms with Gasteiger partial charge in [-0.15, -0.1) is 0 Å². The third-order valence-electron chi connectivity index (χ3n) is 2.22. The monoisotopic (exact) mass is 245 g/mol. The van der Waals surface area contributed by atoms with Crippen molar-refractivity contribution in [2.75, 3.05) is 14.1 Å². The lowest BCUT2D eigenvalue weighted by atomic mass is 10.2. The van der Waals surface area contributed by atoms with E-state index in [1.165, 1.54) is 4.90 Å². The zero-order valence-corrected chi connectivity index (χ0v) is 11.4. The minimum absolute atomic E-state index is 0.0398. The van der Waals surface area contributed by atoms with Crippen LogP contribution in [0.2, 0.25) is 0 Å². The van der Waals surface area contributed by atoms with E-state index in [0.29, 0.717) is 11.3 Å². The van der Waals surface area contributed by atoms with Gasteiger partial charge in [-0.05, 0) is 38.1 Å². The number of ether oxygens (including phenoxy) is 1. The summed E-state index contributed by atoms with van der Waals surface area (Å²) in [6.07, 6.45) is 1.85. The van der Waals surface area contributed by atoms with E-state index in [1.807, 2.05) is 26.0 Å². The highest BCUT2D eigenvalue weighted by molar-refractivity contribution is 5.94. The van der Waals surface area contributed by atoms with E-state index in [1.54, 1.807) is 32.3 Å². The fourth-order valence-electron chi connectivity index (χ4n) is 1.51. The van der Waals surface area contributed by atoms with Crippen LogP contribution in [0.5, 0.6) is 5.75 Å². The quantitative estimate of drug-likeness (QED) is 0.602. The largest absolute Gasteiger partial charge is 0.462 e. The molecular weight excluding hydrogens is 226 g/mol. The first-order valence-corrected chi connectivity index (χ1v) is 5.73. The minimum atomic E-state index is -0.0398. The first kappa shape index (κ1) is 14.0. The normalized spacial score (nSPS) is 11.0. The highest BCUT2D eigenvalue weighted by Gasteiger charge is 2.08. The van der Waals surface area contributed by atoms with Crippen LogP contribution >= 0.6 is 0 Å². The molecule has 1 amide bonds. The molecule has 0 atom stereocenters. The lowest BCUT2D eigenvalue weighted by Crippen LogP contribution is -2.21. The molecule has 0 N–H and O–H groups in total. The average molecular weight is 245 g/mol.